The van der Waals surface area contributed by atoms with E-state index in [1.54, 1.807) is 0 Å². The molecule has 188 valence electrons. The lowest BCUT2D eigenvalue weighted by atomic mass is 9.88. The predicted molar refractivity (Wildman–Crippen MR) is 135 cm³/mol. The van der Waals surface area contributed by atoms with Gasteiger partial charge < -0.3 is 18.6 Å². The Balaban J connectivity index is 1.91. The van der Waals surface area contributed by atoms with Crippen molar-refractivity contribution in [2.24, 2.45) is 11.8 Å². The molecule has 6 heteroatoms. The second kappa shape index (κ2) is 16.2. The molecule has 0 aromatic heterocycles. The van der Waals surface area contributed by atoms with E-state index in [4.69, 9.17) is 18.6 Å². The number of hydrogen-bond acceptors (Lipinski definition) is 5. The standard InChI is InChI=1S/C26H50O5Si/c1-7-8-9-13-24-23(14-15-25(24)27)12-10-11-16-28-17-18-29-19-20-30-21-22-31-32(5,6)26(2,3)4/h8-9,23-24H,7,10-22H2,1-6H3/b9-8-. The Morgan fingerprint density at radius 3 is 2.09 bits per heavy atom. The zero-order valence-electron chi connectivity index (χ0n) is 21.8. The van der Waals surface area contributed by atoms with E-state index < -0.39 is 8.32 Å². The average molecular weight is 471 g/mol. The van der Waals surface area contributed by atoms with Crippen LogP contribution >= 0.6 is 0 Å². The number of Topliss-reactive ketones (excluding diaryl/α,β-unsaturated/α-hetero) is 1. The van der Waals surface area contributed by atoms with Crippen LogP contribution in [0.5, 0.6) is 0 Å². The molecule has 0 aromatic carbocycles. The molecule has 0 radical (unpaired) electrons. The first kappa shape index (κ1) is 29.5. The molecule has 1 fully saturated rings. The second-order valence-corrected chi connectivity index (χ2v) is 15.2. The number of carbonyl (C=O) groups is 1. The van der Waals surface area contributed by atoms with Gasteiger partial charge in [-0.25, -0.2) is 0 Å². The molecule has 0 N–H and O–H groups in total. The van der Waals surface area contributed by atoms with Crippen LogP contribution in [0.25, 0.3) is 0 Å². The summed E-state index contributed by atoms with van der Waals surface area (Å²) < 4.78 is 22.9. The van der Waals surface area contributed by atoms with Crippen molar-refractivity contribution in [3.05, 3.63) is 12.2 Å². The maximum atomic E-state index is 12.1. The van der Waals surface area contributed by atoms with Gasteiger partial charge >= 0.3 is 0 Å². The molecule has 1 rings (SSSR count). The highest BCUT2D eigenvalue weighted by molar-refractivity contribution is 6.74. The number of allylic oxidation sites excluding steroid dienone is 2. The summed E-state index contributed by atoms with van der Waals surface area (Å²) in [7, 11) is -1.67. The van der Waals surface area contributed by atoms with Crippen LogP contribution in [-0.2, 0) is 23.4 Å². The van der Waals surface area contributed by atoms with Gasteiger partial charge in [-0.1, -0.05) is 46.3 Å². The van der Waals surface area contributed by atoms with E-state index in [2.05, 4.69) is 52.9 Å². The van der Waals surface area contributed by atoms with Gasteiger partial charge in [0.25, 0.3) is 0 Å². The van der Waals surface area contributed by atoms with E-state index in [0.717, 1.165) is 51.6 Å². The van der Waals surface area contributed by atoms with Gasteiger partial charge in [0, 0.05) is 18.9 Å². The maximum absolute atomic E-state index is 12.1. The Morgan fingerprint density at radius 1 is 0.906 bits per heavy atom. The molecule has 0 saturated heterocycles. The lowest BCUT2D eigenvalue weighted by Crippen LogP contribution is -2.41. The van der Waals surface area contributed by atoms with Crippen molar-refractivity contribution in [2.75, 3.05) is 46.2 Å². The van der Waals surface area contributed by atoms with Crippen molar-refractivity contribution in [3.8, 4) is 0 Å². The van der Waals surface area contributed by atoms with Crippen molar-refractivity contribution in [1.29, 1.82) is 0 Å². The van der Waals surface area contributed by atoms with Gasteiger partial charge in [0.05, 0.1) is 39.6 Å². The van der Waals surface area contributed by atoms with Crippen LogP contribution in [0.3, 0.4) is 0 Å². The van der Waals surface area contributed by atoms with Crippen molar-refractivity contribution < 1.29 is 23.4 Å². The molecule has 0 amide bonds. The SMILES string of the molecule is CC/C=C\CC1C(=O)CCC1CCCCOCCOCCOCCO[Si](C)(C)C(C)(C)C. The van der Waals surface area contributed by atoms with E-state index in [9.17, 15) is 4.79 Å². The Labute approximate surface area is 198 Å². The number of ether oxygens (including phenoxy) is 3. The maximum Gasteiger partial charge on any atom is 0.192 e. The van der Waals surface area contributed by atoms with Crippen molar-refractivity contribution in [1.82, 2.24) is 0 Å². The summed E-state index contributed by atoms with van der Waals surface area (Å²) in [5.74, 6) is 1.30. The van der Waals surface area contributed by atoms with Gasteiger partial charge in [-0.05, 0) is 56.2 Å². The molecule has 32 heavy (non-hydrogen) atoms. The van der Waals surface area contributed by atoms with Gasteiger partial charge in [-0.2, -0.15) is 0 Å². The van der Waals surface area contributed by atoms with Gasteiger partial charge in [-0.3, -0.25) is 4.79 Å². The number of unbranched alkanes of at least 4 members (excludes halogenated alkanes) is 1. The van der Waals surface area contributed by atoms with Gasteiger partial charge in [0.1, 0.15) is 5.78 Å². The molecule has 0 bridgehead atoms. The van der Waals surface area contributed by atoms with E-state index in [1.807, 2.05) is 0 Å². The molecule has 2 atom stereocenters. The summed E-state index contributed by atoms with van der Waals surface area (Å²) in [6, 6.07) is 0. The van der Waals surface area contributed by atoms with Crippen molar-refractivity contribution >= 4 is 14.1 Å². The molecule has 1 aliphatic carbocycles. The molecule has 0 aromatic rings. The molecule has 1 aliphatic rings. The van der Waals surface area contributed by atoms with Gasteiger partial charge in [0.15, 0.2) is 8.32 Å². The van der Waals surface area contributed by atoms with Crippen molar-refractivity contribution in [2.45, 2.75) is 90.8 Å². The Hall–Kier alpha value is -0.533. The second-order valence-electron chi connectivity index (χ2n) is 10.4. The minimum atomic E-state index is -1.67. The highest BCUT2D eigenvalue weighted by atomic mass is 28.4. The van der Waals surface area contributed by atoms with Gasteiger partial charge in [0.2, 0.25) is 0 Å². The molecular weight excluding hydrogens is 420 g/mol. The zero-order valence-corrected chi connectivity index (χ0v) is 22.8. The molecule has 0 spiro atoms. The number of ketones is 1. The van der Waals surface area contributed by atoms with E-state index >= 15 is 0 Å². The molecular formula is C26H50O5Si. The lowest BCUT2D eigenvalue weighted by Gasteiger charge is -2.36. The predicted octanol–water partition coefficient (Wildman–Crippen LogP) is 6.18. The third kappa shape index (κ3) is 12.1. The minimum Gasteiger partial charge on any atom is -0.414 e. The monoisotopic (exact) mass is 470 g/mol. The number of carbonyl (C=O) groups excluding carboxylic acids is 1. The fourth-order valence-electron chi connectivity index (χ4n) is 3.78. The van der Waals surface area contributed by atoms with Crippen LogP contribution in [0.2, 0.25) is 18.1 Å². The average Bonchev–Trinajstić information content (AvgIpc) is 3.07. The fraction of sp³-hybridized carbons (Fsp3) is 0.885. The van der Waals surface area contributed by atoms with Crippen LogP contribution in [0.4, 0.5) is 0 Å². The molecule has 2 unspecified atom stereocenters. The Kier molecular flexibility index (Phi) is 14.9. The summed E-state index contributed by atoms with van der Waals surface area (Å²) in [6.45, 7) is 17.9. The van der Waals surface area contributed by atoms with Gasteiger partial charge in [-0.15, -0.1) is 0 Å². The molecule has 0 heterocycles. The van der Waals surface area contributed by atoms with Crippen LogP contribution in [0.15, 0.2) is 12.2 Å². The first-order valence-electron chi connectivity index (χ1n) is 12.7. The van der Waals surface area contributed by atoms with Crippen LogP contribution in [-0.4, -0.2) is 60.3 Å². The summed E-state index contributed by atoms with van der Waals surface area (Å²) in [5.41, 5.74) is 0. The van der Waals surface area contributed by atoms with Crippen LogP contribution in [0.1, 0.15) is 72.6 Å². The zero-order chi connectivity index (χ0) is 23.9. The summed E-state index contributed by atoms with van der Waals surface area (Å²) in [5, 5.41) is 0.236. The molecule has 0 aliphatic heterocycles. The van der Waals surface area contributed by atoms with Crippen LogP contribution < -0.4 is 0 Å². The first-order chi connectivity index (χ1) is 15.2. The number of hydrogen-bond donors (Lipinski definition) is 0. The smallest absolute Gasteiger partial charge is 0.192 e. The third-order valence-corrected chi connectivity index (χ3v) is 11.4. The Bertz CT molecular complexity index is 527. The first-order valence-corrected chi connectivity index (χ1v) is 15.6. The third-order valence-electron chi connectivity index (χ3n) is 6.89. The summed E-state index contributed by atoms with van der Waals surface area (Å²) in [6.07, 6.45) is 11.5. The quantitative estimate of drug-likeness (QED) is 0.136. The Morgan fingerprint density at radius 2 is 1.50 bits per heavy atom. The fourth-order valence-corrected chi connectivity index (χ4v) is 4.81. The summed E-state index contributed by atoms with van der Waals surface area (Å²) >= 11 is 0. The topological polar surface area (TPSA) is 54.0 Å². The summed E-state index contributed by atoms with van der Waals surface area (Å²) in [4.78, 5) is 12.1. The van der Waals surface area contributed by atoms with Crippen LogP contribution in [0, 0.1) is 11.8 Å². The number of rotatable bonds is 18. The normalized spacial score (nSPS) is 20.0. The van der Waals surface area contributed by atoms with Crippen molar-refractivity contribution in [3.63, 3.8) is 0 Å². The van der Waals surface area contributed by atoms with E-state index in [1.165, 1.54) is 0 Å². The molecule has 1 saturated carbocycles. The largest absolute Gasteiger partial charge is 0.414 e. The van der Waals surface area contributed by atoms with E-state index in [-0.39, 0.29) is 11.0 Å². The minimum absolute atomic E-state index is 0.236. The molecule has 5 nitrogen and oxygen atoms in total. The highest BCUT2D eigenvalue weighted by Crippen LogP contribution is 2.36. The lowest BCUT2D eigenvalue weighted by molar-refractivity contribution is -0.121. The highest BCUT2D eigenvalue weighted by Gasteiger charge is 2.36. The van der Waals surface area contributed by atoms with E-state index in [0.29, 0.717) is 51.3 Å².